The molecule has 0 bridgehead atoms. The number of halogens is 4. The van der Waals surface area contributed by atoms with Crippen molar-refractivity contribution < 1.29 is 27.1 Å². The monoisotopic (exact) mass is 334 g/mol. The van der Waals surface area contributed by atoms with Gasteiger partial charge in [-0.3, -0.25) is 9.69 Å². The molecule has 1 aromatic carbocycles. The zero-order chi connectivity index (χ0) is 17.2. The van der Waals surface area contributed by atoms with Crippen molar-refractivity contribution in [1.82, 2.24) is 9.80 Å². The van der Waals surface area contributed by atoms with Gasteiger partial charge in [-0.15, -0.1) is 0 Å². The van der Waals surface area contributed by atoms with E-state index >= 15 is 0 Å². The largest absolute Gasteiger partial charge is 0.496 e. The normalized spacial score (nSPS) is 18.8. The summed E-state index contributed by atoms with van der Waals surface area (Å²) in [6.45, 7) is -0.968. The topological polar surface area (TPSA) is 32.8 Å². The number of alkyl halides is 3. The van der Waals surface area contributed by atoms with Crippen LogP contribution in [-0.4, -0.2) is 55.2 Å². The molecule has 1 aliphatic rings. The molecule has 1 aromatic rings. The second kappa shape index (κ2) is 6.74. The summed E-state index contributed by atoms with van der Waals surface area (Å²) in [5.74, 6) is -0.526. The van der Waals surface area contributed by atoms with Gasteiger partial charge in [-0.05, 0) is 31.7 Å². The second-order valence-electron chi connectivity index (χ2n) is 5.55. The van der Waals surface area contributed by atoms with Crippen molar-refractivity contribution in [3.63, 3.8) is 0 Å². The molecule has 1 unspecified atom stereocenters. The molecule has 1 fully saturated rings. The molecular weight excluding hydrogens is 316 g/mol. The van der Waals surface area contributed by atoms with Gasteiger partial charge in [-0.25, -0.2) is 4.39 Å². The fourth-order valence-corrected chi connectivity index (χ4v) is 2.75. The third-order valence-electron chi connectivity index (χ3n) is 3.83. The predicted octanol–water partition coefficient (Wildman–Crippen LogP) is 2.43. The molecule has 1 aliphatic heterocycles. The molecule has 0 aromatic heterocycles. The second-order valence-corrected chi connectivity index (χ2v) is 5.55. The van der Waals surface area contributed by atoms with E-state index in [-0.39, 0.29) is 13.1 Å². The Morgan fingerprint density at radius 3 is 2.70 bits per heavy atom. The smallest absolute Gasteiger partial charge is 0.406 e. The highest BCUT2D eigenvalue weighted by Gasteiger charge is 2.40. The minimum absolute atomic E-state index is 0.0631. The van der Waals surface area contributed by atoms with Crippen molar-refractivity contribution in [2.75, 3.05) is 27.2 Å². The third-order valence-corrected chi connectivity index (χ3v) is 3.83. The first-order chi connectivity index (χ1) is 10.7. The summed E-state index contributed by atoms with van der Waals surface area (Å²) in [7, 11) is 3.08. The first kappa shape index (κ1) is 17.5. The van der Waals surface area contributed by atoms with E-state index in [9.17, 15) is 22.4 Å². The number of amides is 1. The molecule has 0 spiro atoms. The number of carbonyl (C=O) groups excluding carboxylic acids is 1. The molecule has 2 rings (SSSR count). The van der Waals surface area contributed by atoms with Gasteiger partial charge in [0.25, 0.3) is 0 Å². The van der Waals surface area contributed by atoms with Gasteiger partial charge in [0.1, 0.15) is 18.1 Å². The average Bonchev–Trinajstić information content (AvgIpc) is 2.78. The van der Waals surface area contributed by atoms with E-state index in [0.29, 0.717) is 17.7 Å². The van der Waals surface area contributed by atoms with Gasteiger partial charge >= 0.3 is 6.18 Å². The number of likely N-dealkylation sites (tertiary alicyclic amines) is 1. The Balaban J connectivity index is 2.06. The molecule has 8 heteroatoms. The minimum Gasteiger partial charge on any atom is -0.496 e. The van der Waals surface area contributed by atoms with Crippen molar-refractivity contribution in [1.29, 1.82) is 0 Å². The van der Waals surface area contributed by atoms with Crippen LogP contribution in [0.15, 0.2) is 18.2 Å². The number of nitrogens with zero attached hydrogens (tertiary/aromatic N) is 2. The molecule has 1 saturated heterocycles. The third kappa shape index (κ3) is 4.34. The fourth-order valence-electron chi connectivity index (χ4n) is 2.75. The van der Waals surface area contributed by atoms with Crippen LogP contribution in [0, 0.1) is 5.82 Å². The average molecular weight is 334 g/mol. The van der Waals surface area contributed by atoms with Crippen LogP contribution in [0.2, 0.25) is 0 Å². The lowest BCUT2D eigenvalue weighted by molar-refractivity contribution is -0.159. The Labute approximate surface area is 131 Å². The van der Waals surface area contributed by atoms with E-state index in [1.54, 1.807) is 11.9 Å². The maximum atomic E-state index is 13.4. The highest BCUT2D eigenvalue weighted by molar-refractivity contribution is 5.84. The number of hydrogen-bond donors (Lipinski definition) is 0. The molecule has 0 radical (unpaired) electrons. The zero-order valence-corrected chi connectivity index (χ0v) is 12.9. The van der Waals surface area contributed by atoms with Crippen LogP contribution in [0.1, 0.15) is 12.0 Å². The summed E-state index contributed by atoms with van der Waals surface area (Å²) in [5.41, 5.74) is 0.539. The number of methoxy groups -OCH3 is 1. The van der Waals surface area contributed by atoms with Gasteiger partial charge in [0, 0.05) is 18.7 Å². The van der Waals surface area contributed by atoms with E-state index in [4.69, 9.17) is 4.74 Å². The number of carbonyl (C=O) groups is 1. The van der Waals surface area contributed by atoms with Crippen LogP contribution in [0.25, 0.3) is 0 Å². The molecule has 1 heterocycles. The van der Waals surface area contributed by atoms with Crippen LogP contribution in [0.5, 0.6) is 5.75 Å². The number of likely N-dealkylation sites (N-methyl/N-ethyl adjacent to an activating group) is 1. The van der Waals surface area contributed by atoms with E-state index < -0.39 is 30.5 Å². The summed E-state index contributed by atoms with van der Waals surface area (Å²) in [4.78, 5) is 14.5. The molecule has 1 amide bonds. The molecule has 23 heavy (non-hydrogen) atoms. The van der Waals surface area contributed by atoms with Crippen molar-refractivity contribution in [3.05, 3.63) is 29.6 Å². The summed E-state index contributed by atoms with van der Waals surface area (Å²) < 4.78 is 55.8. The fraction of sp³-hybridized carbons (Fsp3) is 0.533. The molecule has 0 aliphatic carbocycles. The maximum absolute atomic E-state index is 13.4. The maximum Gasteiger partial charge on any atom is 0.406 e. The highest BCUT2D eigenvalue weighted by Crippen LogP contribution is 2.26. The van der Waals surface area contributed by atoms with Gasteiger partial charge in [-0.1, -0.05) is 0 Å². The van der Waals surface area contributed by atoms with E-state index in [1.807, 2.05) is 0 Å². The van der Waals surface area contributed by atoms with Crippen LogP contribution in [-0.2, 0) is 11.3 Å². The zero-order valence-electron chi connectivity index (χ0n) is 12.9. The van der Waals surface area contributed by atoms with Gasteiger partial charge in [0.2, 0.25) is 5.91 Å². The lowest BCUT2D eigenvalue weighted by Crippen LogP contribution is -2.42. The molecule has 1 atom stereocenters. The molecule has 4 nitrogen and oxygen atoms in total. The lowest BCUT2D eigenvalue weighted by atomic mass is 10.1. The van der Waals surface area contributed by atoms with Gasteiger partial charge < -0.3 is 9.64 Å². The summed E-state index contributed by atoms with van der Waals surface area (Å²) in [6, 6.07) is 3.38. The molecule has 0 saturated carbocycles. The Morgan fingerprint density at radius 2 is 2.09 bits per heavy atom. The summed E-state index contributed by atoms with van der Waals surface area (Å²) in [6.07, 6.45) is -4.10. The Hall–Kier alpha value is -1.83. The summed E-state index contributed by atoms with van der Waals surface area (Å²) >= 11 is 0. The van der Waals surface area contributed by atoms with Crippen LogP contribution < -0.4 is 4.74 Å². The van der Waals surface area contributed by atoms with Crippen LogP contribution >= 0.6 is 0 Å². The standard InChI is InChI=1S/C15H18F4N2O2/c1-20(8-10-7-11(16)3-4-13(10)23-2)12-5-6-21(14(12)22)9-15(17,18)19/h3-4,7,12H,5-6,8-9H2,1-2H3. The summed E-state index contributed by atoms with van der Waals surface area (Å²) in [5, 5.41) is 0. The van der Waals surface area contributed by atoms with Crippen molar-refractivity contribution >= 4 is 5.91 Å². The van der Waals surface area contributed by atoms with E-state index in [0.717, 1.165) is 4.90 Å². The van der Waals surface area contributed by atoms with Crippen molar-refractivity contribution in [2.45, 2.75) is 25.2 Å². The lowest BCUT2D eigenvalue weighted by Gasteiger charge is -2.25. The SMILES string of the molecule is COc1ccc(F)cc1CN(C)C1CCN(CC(F)(F)F)C1=O. The predicted molar refractivity (Wildman–Crippen MR) is 75.5 cm³/mol. The first-order valence-electron chi connectivity index (χ1n) is 7.09. The molecule has 0 N–H and O–H groups in total. The van der Waals surface area contributed by atoms with Crippen LogP contribution in [0.4, 0.5) is 17.6 Å². The Bertz CT molecular complexity index is 577. The van der Waals surface area contributed by atoms with Gasteiger partial charge in [0.15, 0.2) is 0 Å². The number of rotatable bonds is 5. The highest BCUT2D eigenvalue weighted by atomic mass is 19.4. The molecular formula is C15H18F4N2O2. The van der Waals surface area contributed by atoms with Crippen molar-refractivity contribution in [3.8, 4) is 5.75 Å². The van der Waals surface area contributed by atoms with E-state index in [2.05, 4.69) is 0 Å². The van der Waals surface area contributed by atoms with E-state index in [1.165, 1.54) is 25.3 Å². The van der Waals surface area contributed by atoms with Crippen molar-refractivity contribution in [2.24, 2.45) is 0 Å². The quantitative estimate of drug-likeness (QED) is 0.776. The minimum atomic E-state index is -4.41. The van der Waals surface area contributed by atoms with Crippen LogP contribution in [0.3, 0.4) is 0 Å². The number of hydrogen-bond acceptors (Lipinski definition) is 3. The molecule has 128 valence electrons. The van der Waals surface area contributed by atoms with Gasteiger partial charge in [-0.2, -0.15) is 13.2 Å². The number of ether oxygens (including phenoxy) is 1. The van der Waals surface area contributed by atoms with Gasteiger partial charge in [0.05, 0.1) is 13.2 Å². The first-order valence-corrected chi connectivity index (χ1v) is 7.09. The Morgan fingerprint density at radius 1 is 1.39 bits per heavy atom. The Kier molecular flexibility index (Phi) is 5.13. The number of benzene rings is 1.